The van der Waals surface area contributed by atoms with E-state index in [0.717, 1.165) is 97.4 Å². The van der Waals surface area contributed by atoms with Crippen molar-refractivity contribution >= 4 is 34.4 Å². The SMILES string of the molecule is CCc1cc2c(cc1N1CCN(C(=O)CCCN3CC4CCC(C3)C4NC(=O)OC(C)(C)C)CC1)C(C)(C)c1[nH]c3cc(C#N)ccc3c1C2=O. The van der Waals surface area contributed by atoms with E-state index >= 15 is 0 Å². The van der Waals surface area contributed by atoms with Crippen molar-refractivity contribution in [2.75, 3.05) is 50.7 Å². The van der Waals surface area contributed by atoms with Gasteiger partial charge in [0.2, 0.25) is 5.91 Å². The highest BCUT2D eigenvalue weighted by molar-refractivity contribution is 6.20. The Morgan fingerprint density at radius 3 is 2.41 bits per heavy atom. The minimum absolute atomic E-state index is 0.0291. The van der Waals surface area contributed by atoms with E-state index in [1.807, 2.05) is 37.8 Å². The van der Waals surface area contributed by atoms with Crippen molar-refractivity contribution in [1.29, 1.82) is 5.26 Å². The molecule has 4 aliphatic rings. The zero-order valence-corrected chi connectivity index (χ0v) is 31.0. The molecule has 3 fully saturated rings. The largest absolute Gasteiger partial charge is 0.444 e. The number of aromatic amines is 1. The second kappa shape index (κ2) is 13.3. The van der Waals surface area contributed by atoms with Crippen LogP contribution >= 0.6 is 0 Å². The number of nitriles is 1. The number of fused-ring (bicyclic) bond motifs is 6. The third-order valence-corrected chi connectivity index (χ3v) is 11.7. The number of likely N-dealkylation sites (tertiary alicyclic amines) is 1. The Morgan fingerprint density at radius 2 is 1.76 bits per heavy atom. The first-order valence-electron chi connectivity index (χ1n) is 18.8. The average molecular weight is 693 g/mol. The Kier molecular flexibility index (Phi) is 9.16. The third-order valence-electron chi connectivity index (χ3n) is 11.7. The van der Waals surface area contributed by atoms with Crippen LogP contribution in [0.5, 0.6) is 0 Å². The van der Waals surface area contributed by atoms with Gasteiger partial charge < -0.3 is 29.7 Å². The van der Waals surface area contributed by atoms with Gasteiger partial charge in [-0.2, -0.15) is 5.26 Å². The quantitative estimate of drug-likeness (QED) is 0.305. The zero-order chi connectivity index (χ0) is 36.2. The number of ketones is 1. The van der Waals surface area contributed by atoms with Crippen molar-refractivity contribution in [3.8, 4) is 6.07 Å². The van der Waals surface area contributed by atoms with Crippen LogP contribution in [0.25, 0.3) is 10.9 Å². The van der Waals surface area contributed by atoms with Gasteiger partial charge in [0, 0.05) is 85.0 Å². The van der Waals surface area contributed by atoms with Gasteiger partial charge in [-0.05, 0) is 100 Å². The van der Waals surface area contributed by atoms with Gasteiger partial charge in [0.15, 0.2) is 5.78 Å². The molecule has 0 spiro atoms. The van der Waals surface area contributed by atoms with Gasteiger partial charge in [-0.15, -0.1) is 0 Å². The van der Waals surface area contributed by atoms with Crippen LogP contribution in [-0.2, 0) is 21.4 Å². The van der Waals surface area contributed by atoms with Crippen LogP contribution in [-0.4, -0.2) is 90.0 Å². The van der Waals surface area contributed by atoms with Crippen molar-refractivity contribution in [3.63, 3.8) is 0 Å². The van der Waals surface area contributed by atoms with E-state index < -0.39 is 11.0 Å². The van der Waals surface area contributed by atoms with Crippen LogP contribution in [0.15, 0.2) is 30.3 Å². The summed E-state index contributed by atoms with van der Waals surface area (Å²) in [6, 6.07) is 12.2. The van der Waals surface area contributed by atoms with E-state index in [2.05, 4.69) is 59.1 Å². The molecule has 2 atom stereocenters. The molecule has 2 saturated heterocycles. The Hall–Kier alpha value is -4.36. The molecule has 270 valence electrons. The number of rotatable bonds is 7. The van der Waals surface area contributed by atoms with E-state index in [1.54, 1.807) is 6.07 Å². The molecule has 2 N–H and O–H groups in total. The number of alkyl carbamates (subject to hydrolysis) is 1. The fraction of sp³-hybridized carbons (Fsp3) is 0.561. The molecule has 2 unspecified atom stereocenters. The molecular formula is C41H52N6O4. The topological polar surface area (TPSA) is 122 Å². The maximum absolute atomic E-state index is 14.1. The summed E-state index contributed by atoms with van der Waals surface area (Å²) in [4.78, 5) is 50.2. The first-order valence-corrected chi connectivity index (χ1v) is 18.8. The second-order valence-corrected chi connectivity index (χ2v) is 16.6. The smallest absolute Gasteiger partial charge is 0.407 e. The first-order chi connectivity index (χ1) is 24.3. The summed E-state index contributed by atoms with van der Waals surface area (Å²) in [6.07, 6.45) is 4.11. The predicted octanol–water partition coefficient (Wildman–Crippen LogP) is 6.14. The number of ether oxygens (including phenoxy) is 1. The molecule has 10 nitrogen and oxygen atoms in total. The number of carbonyl (C=O) groups excluding carboxylic acids is 3. The second-order valence-electron chi connectivity index (χ2n) is 16.6. The molecule has 2 aromatic carbocycles. The predicted molar refractivity (Wildman–Crippen MR) is 198 cm³/mol. The number of aryl methyl sites for hydroxylation is 1. The van der Waals surface area contributed by atoms with Gasteiger partial charge in [-0.1, -0.05) is 26.8 Å². The number of nitrogens with zero attached hydrogens (tertiary/aromatic N) is 4. The summed E-state index contributed by atoms with van der Waals surface area (Å²) in [5.41, 5.74) is 6.10. The maximum atomic E-state index is 14.1. The van der Waals surface area contributed by atoms with Crippen LogP contribution in [0.2, 0.25) is 0 Å². The number of hydrogen-bond acceptors (Lipinski definition) is 7. The molecule has 1 saturated carbocycles. The minimum Gasteiger partial charge on any atom is -0.444 e. The number of aromatic nitrogens is 1. The standard InChI is InChI=1S/C41H52N6O4/c1-7-26-20-30-31(41(5,6)38-35(37(30)49)29-13-10-25(22-42)19-32(29)43-38)21-33(26)46-15-17-47(18-16-46)34(48)9-8-14-45-23-27-11-12-28(24-45)36(27)44-39(50)51-40(2,3)4/h10,13,19-21,27-28,36,43H,7-9,11-12,14-18,23-24H2,1-6H3,(H,44,50). The molecule has 2 amide bonds. The molecule has 3 aromatic rings. The van der Waals surface area contributed by atoms with Crippen molar-refractivity contribution in [2.45, 2.75) is 90.7 Å². The van der Waals surface area contributed by atoms with Crippen LogP contribution < -0.4 is 10.2 Å². The van der Waals surface area contributed by atoms with Gasteiger partial charge >= 0.3 is 6.09 Å². The first kappa shape index (κ1) is 35.1. The van der Waals surface area contributed by atoms with E-state index in [0.29, 0.717) is 42.5 Å². The van der Waals surface area contributed by atoms with Crippen LogP contribution in [0.1, 0.15) is 106 Å². The van der Waals surface area contributed by atoms with Gasteiger partial charge in [0.05, 0.1) is 17.2 Å². The lowest BCUT2D eigenvalue weighted by Crippen LogP contribution is -2.53. The van der Waals surface area contributed by atoms with Gasteiger partial charge in [-0.25, -0.2) is 4.79 Å². The highest BCUT2D eigenvalue weighted by Gasteiger charge is 2.43. The Balaban J connectivity index is 0.955. The molecule has 2 aliphatic heterocycles. The average Bonchev–Trinajstić information content (AvgIpc) is 3.59. The summed E-state index contributed by atoms with van der Waals surface area (Å²) in [6.45, 7) is 17.8. The monoisotopic (exact) mass is 692 g/mol. The lowest BCUT2D eigenvalue weighted by molar-refractivity contribution is -0.131. The number of H-pyrrole nitrogens is 1. The number of amides is 2. The van der Waals surface area contributed by atoms with E-state index in [9.17, 15) is 19.6 Å². The summed E-state index contributed by atoms with van der Waals surface area (Å²) >= 11 is 0. The van der Waals surface area contributed by atoms with Gasteiger partial charge in [-0.3, -0.25) is 9.59 Å². The van der Waals surface area contributed by atoms with Crippen molar-refractivity contribution in [2.24, 2.45) is 11.8 Å². The molecular weight excluding hydrogens is 640 g/mol. The van der Waals surface area contributed by atoms with Crippen molar-refractivity contribution in [3.05, 3.63) is 63.8 Å². The molecule has 51 heavy (non-hydrogen) atoms. The van der Waals surface area contributed by atoms with E-state index in [-0.39, 0.29) is 23.8 Å². The lowest BCUT2D eigenvalue weighted by Gasteiger charge is -2.39. The molecule has 0 radical (unpaired) electrons. The van der Waals surface area contributed by atoms with Crippen LogP contribution in [0, 0.1) is 23.2 Å². The number of piperidine rings is 1. The number of piperazine rings is 1. The number of benzene rings is 2. The summed E-state index contributed by atoms with van der Waals surface area (Å²) in [5.74, 6) is 1.12. The minimum atomic E-state index is -0.503. The maximum Gasteiger partial charge on any atom is 0.407 e. The molecule has 10 heteroatoms. The fourth-order valence-electron chi connectivity index (χ4n) is 9.15. The highest BCUT2D eigenvalue weighted by Crippen LogP contribution is 2.46. The number of carbonyl (C=O) groups is 3. The Labute approximate surface area is 301 Å². The van der Waals surface area contributed by atoms with E-state index in [4.69, 9.17) is 4.74 Å². The zero-order valence-electron chi connectivity index (χ0n) is 31.0. The number of nitrogens with one attached hydrogen (secondary N) is 2. The molecule has 7 rings (SSSR count). The fourth-order valence-corrected chi connectivity index (χ4v) is 9.15. The van der Waals surface area contributed by atoms with Crippen molar-refractivity contribution < 1.29 is 19.1 Å². The summed E-state index contributed by atoms with van der Waals surface area (Å²) < 4.78 is 5.52. The highest BCUT2D eigenvalue weighted by atomic mass is 16.6. The normalized spacial score (nSPS) is 22.8. The van der Waals surface area contributed by atoms with E-state index in [1.165, 1.54) is 0 Å². The summed E-state index contributed by atoms with van der Waals surface area (Å²) in [5, 5.41) is 13.5. The third kappa shape index (κ3) is 6.61. The van der Waals surface area contributed by atoms with Crippen molar-refractivity contribution in [1.82, 2.24) is 20.1 Å². The summed E-state index contributed by atoms with van der Waals surface area (Å²) in [7, 11) is 0. The molecule has 2 bridgehead atoms. The van der Waals surface area contributed by atoms with Gasteiger partial charge in [0.1, 0.15) is 5.60 Å². The number of hydrogen-bond donors (Lipinski definition) is 2. The Morgan fingerprint density at radius 1 is 1.06 bits per heavy atom. The van der Waals surface area contributed by atoms with Crippen LogP contribution in [0.4, 0.5) is 10.5 Å². The van der Waals surface area contributed by atoms with Crippen LogP contribution in [0.3, 0.4) is 0 Å². The lowest BCUT2D eigenvalue weighted by atomic mass is 9.70. The van der Waals surface area contributed by atoms with Gasteiger partial charge in [0.25, 0.3) is 0 Å². The molecule has 3 heterocycles. The number of anilines is 1. The molecule has 2 aliphatic carbocycles. The molecule has 1 aromatic heterocycles. The Bertz CT molecular complexity index is 1890.